The number of carbonyl (C=O) groups excluding carboxylic acids is 1. The number of nitrogens with zero attached hydrogens (tertiary/aromatic N) is 4. The van der Waals surface area contributed by atoms with Crippen LogP contribution in [0.3, 0.4) is 0 Å². The van der Waals surface area contributed by atoms with Crippen LogP contribution >= 0.6 is 0 Å². The Balaban J connectivity index is 1.31. The molecule has 148 valence electrons. The van der Waals surface area contributed by atoms with E-state index in [1.165, 1.54) is 43.4 Å². The zero-order chi connectivity index (χ0) is 18.6. The lowest BCUT2D eigenvalue weighted by atomic mass is 9.95. The van der Waals surface area contributed by atoms with Gasteiger partial charge in [-0.05, 0) is 45.4 Å². The predicted octanol–water partition coefficient (Wildman–Crippen LogP) is 2.23. The van der Waals surface area contributed by atoms with Crippen LogP contribution in [0.1, 0.15) is 62.0 Å². The highest BCUT2D eigenvalue weighted by Gasteiger charge is 2.25. The average molecular weight is 372 g/mol. The first-order valence-electron chi connectivity index (χ1n) is 10.8. The van der Waals surface area contributed by atoms with Gasteiger partial charge in [0.2, 0.25) is 5.91 Å². The summed E-state index contributed by atoms with van der Waals surface area (Å²) in [5.41, 5.74) is 2.63. The minimum absolute atomic E-state index is 0.200. The van der Waals surface area contributed by atoms with Gasteiger partial charge in [-0.15, -0.1) is 0 Å². The second-order valence-corrected chi connectivity index (χ2v) is 8.39. The number of hydrogen-bond acceptors (Lipinski definition) is 5. The third-order valence-corrected chi connectivity index (χ3v) is 6.28. The van der Waals surface area contributed by atoms with Gasteiger partial charge in [0, 0.05) is 43.5 Å². The SMILES string of the molecule is Cc1nc2c(c(N3CCN(CC(=O)NC4CCCCC4)CC3)n1)CCCC2. The molecule has 6 heteroatoms. The molecule has 0 aromatic carbocycles. The molecular weight excluding hydrogens is 338 g/mol. The van der Waals surface area contributed by atoms with Crippen molar-refractivity contribution in [2.24, 2.45) is 0 Å². The van der Waals surface area contributed by atoms with E-state index in [4.69, 9.17) is 4.98 Å². The highest BCUT2D eigenvalue weighted by molar-refractivity contribution is 5.78. The van der Waals surface area contributed by atoms with Crippen LogP contribution < -0.4 is 10.2 Å². The fourth-order valence-corrected chi connectivity index (χ4v) is 4.80. The van der Waals surface area contributed by atoms with Crippen LogP contribution in [-0.2, 0) is 17.6 Å². The first-order valence-corrected chi connectivity index (χ1v) is 10.8. The fourth-order valence-electron chi connectivity index (χ4n) is 4.80. The van der Waals surface area contributed by atoms with Crippen LogP contribution in [-0.4, -0.2) is 59.5 Å². The Hall–Kier alpha value is -1.69. The van der Waals surface area contributed by atoms with Gasteiger partial charge in [0.1, 0.15) is 11.6 Å². The zero-order valence-corrected chi connectivity index (χ0v) is 16.7. The van der Waals surface area contributed by atoms with Crippen molar-refractivity contribution in [3.8, 4) is 0 Å². The molecule has 1 N–H and O–H groups in total. The second kappa shape index (κ2) is 8.55. The van der Waals surface area contributed by atoms with Crippen molar-refractivity contribution in [2.45, 2.75) is 70.8 Å². The van der Waals surface area contributed by atoms with Gasteiger partial charge in [0.25, 0.3) is 0 Å². The standard InChI is InChI=1S/C21H33N5O/c1-16-22-19-10-6-5-9-18(19)21(23-16)26-13-11-25(12-14-26)15-20(27)24-17-7-3-2-4-8-17/h17H,2-15H2,1H3,(H,24,27). The summed E-state index contributed by atoms with van der Waals surface area (Å²) in [5.74, 6) is 2.24. The van der Waals surface area contributed by atoms with Crippen molar-refractivity contribution in [3.63, 3.8) is 0 Å². The van der Waals surface area contributed by atoms with Crippen LogP contribution in [0.25, 0.3) is 0 Å². The van der Waals surface area contributed by atoms with E-state index in [0.717, 1.165) is 63.5 Å². The van der Waals surface area contributed by atoms with Crippen molar-refractivity contribution in [2.75, 3.05) is 37.6 Å². The van der Waals surface area contributed by atoms with Crippen LogP contribution in [0.5, 0.6) is 0 Å². The van der Waals surface area contributed by atoms with Gasteiger partial charge < -0.3 is 10.2 Å². The van der Waals surface area contributed by atoms with Crippen LogP contribution in [0, 0.1) is 6.92 Å². The summed E-state index contributed by atoms with van der Waals surface area (Å²) < 4.78 is 0. The maximum absolute atomic E-state index is 12.4. The molecule has 0 radical (unpaired) electrons. The average Bonchev–Trinajstić information content (AvgIpc) is 2.68. The number of piperazine rings is 1. The Kier molecular flexibility index (Phi) is 5.91. The number of amides is 1. The Labute approximate surface area is 162 Å². The third-order valence-electron chi connectivity index (χ3n) is 6.28. The van der Waals surface area contributed by atoms with Gasteiger partial charge in [0.05, 0.1) is 6.54 Å². The molecule has 0 atom stereocenters. The lowest BCUT2D eigenvalue weighted by Gasteiger charge is -2.37. The van der Waals surface area contributed by atoms with Crippen molar-refractivity contribution in [1.29, 1.82) is 0 Å². The Morgan fingerprint density at radius 2 is 1.74 bits per heavy atom. The summed E-state index contributed by atoms with van der Waals surface area (Å²) in [4.78, 5) is 26.5. The maximum atomic E-state index is 12.4. The molecule has 3 aliphatic rings. The van der Waals surface area contributed by atoms with Gasteiger partial charge in [0.15, 0.2) is 0 Å². The van der Waals surface area contributed by atoms with Crippen LogP contribution in [0.2, 0.25) is 0 Å². The summed E-state index contributed by atoms with van der Waals surface area (Å²) in [6.45, 7) is 6.28. The molecule has 0 bridgehead atoms. The van der Waals surface area contributed by atoms with Crippen molar-refractivity contribution in [3.05, 3.63) is 17.1 Å². The van der Waals surface area contributed by atoms with E-state index in [0.29, 0.717) is 12.6 Å². The fraction of sp³-hybridized carbons (Fsp3) is 0.762. The van der Waals surface area contributed by atoms with Crippen molar-refractivity contribution >= 4 is 11.7 Å². The highest BCUT2D eigenvalue weighted by Crippen LogP contribution is 2.28. The van der Waals surface area contributed by atoms with E-state index < -0.39 is 0 Å². The molecule has 1 amide bonds. The van der Waals surface area contributed by atoms with Crippen LogP contribution in [0.15, 0.2) is 0 Å². The molecule has 1 aromatic heterocycles. The quantitative estimate of drug-likeness (QED) is 0.879. The summed E-state index contributed by atoms with van der Waals surface area (Å²) in [5, 5.41) is 3.24. The summed E-state index contributed by atoms with van der Waals surface area (Å²) in [7, 11) is 0. The van der Waals surface area contributed by atoms with E-state index in [1.807, 2.05) is 6.92 Å². The minimum Gasteiger partial charge on any atom is -0.354 e. The topological polar surface area (TPSA) is 61.4 Å². The molecule has 1 aromatic rings. The van der Waals surface area contributed by atoms with E-state index in [9.17, 15) is 4.79 Å². The molecule has 1 aliphatic heterocycles. The predicted molar refractivity (Wildman–Crippen MR) is 107 cm³/mol. The highest BCUT2D eigenvalue weighted by atomic mass is 16.2. The van der Waals surface area contributed by atoms with E-state index in [-0.39, 0.29) is 5.91 Å². The Morgan fingerprint density at radius 3 is 2.52 bits per heavy atom. The lowest BCUT2D eigenvalue weighted by molar-refractivity contribution is -0.123. The van der Waals surface area contributed by atoms with Gasteiger partial charge in [-0.1, -0.05) is 19.3 Å². The van der Waals surface area contributed by atoms with Gasteiger partial charge >= 0.3 is 0 Å². The first kappa shape index (κ1) is 18.7. The largest absolute Gasteiger partial charge is 0.354 e. The monoisotopic (exact) mass is 371 g/mol. The number of fused-ring (bicyclic) bond motifs is 1. The van der Waals surface area contributed by atoms with E-state index >= 15 is 0 Å². The van der Waals surface area contributed by atoms with Crippen molar-refractivity contribution < 1.29 is 4.79 Å². The Morgan fingerprint density at radius 1 is 1.00 bits per heavy atom. The van der Waals surface area contributed by atoms with Gasteiger partial charge in [-0.3, -0.25) is 9.69 Å². The number of aromatic nitrogens is 2. The van der Waals surface area contributed by atoms with Crippen LogP contribution in [0.4, 0.5) is 5.82 Å². The minimum atomic E-state index is 0.200. The first-order chi connectivity index (χ1) is 13.2. The summed E-state index contributed by atoms with van der Waals surface area (Å²) >= 11 is 0. The molecule has 1 saturated heterocycles. The van der Waals surface area contributed by atoms with Gasteiger partial charge in [-0.2, -0.15) is 0 Å². The lowest BCUT2D eigenvalue weighted by Crippen LogP contribution is -2.51. The number of rotatable bonds is 4. The molecule has 0 spiro atoms. The smallest absolute Gasteiger partial charge is 0.234 e. The third kappa shape index (κ3) is 4.60. The number of nitrogens with one attached hydrogen (secondary N) is 1. The molecular formula is C21H33N5O. The molecule has 2 aliphatic carbocycles. The van der Waals surface area contributed by atoms with E-state index in [2.05, 4.69) is 20.1 Å². The molecule has 27 heavy (non-hydrogen) atoms. The normalized spacial score (nSPS) is 21.7. The number of anilines is 1. The zero-order valence-electron chi connectivity index (χ0n) is 16.7. The maximum Gasteiger partial charge on any atom is 0.234 e. The molecule has 2 fully saturated rings. The number of aryl methyl sites for hydroxylation is 2. The molecule has 0 unspecified atom stereocenters. The Bertz CT molecular complexity index is 663. The van der Waals surface area contributed by atoms with Gasteiger partial charge in [-0.25, -0.2) is 9.97 Å². The molecule has 4 rings (SSSR count). The molecule has 1 saturated carbocycles. The molecule has 2 heterocycles. The summed E-state index contributed by atoms with van der Waals surface area (Å²) in [6, 6.07) is 0.406. The van der Waals surface area contributed by atoms with E-state index in [1.54, 1.807) is 0 Å². The molecule has 6 nitrogen and oxygen atoms in total. The number of hydrogen-bond donors (Lipinski definition) is 1. The summed E-state index contributed by atoms with van der Waals surface area (Å²) in [6.07, 6.45) is 10.8. The number of carbonyl (C=O) groups is 1. The van der Waals surface area contributed by atoms with Crippen molar-refractivity contribution in [1.82, 2.24) is 20.2 Å². The second-order valence-electron chi connectivity index (χ2n) is 8.39.